The second-order valence-electron chi connectivity index (χ2n) is 5.87. The van der Waals surface area contributed by atoms with E-state index in [9.17, 15) is 9.59 Å². The zero-order valence-corrected chi connectivity index (χ0v) is 13.8. The molecule has 0 saturated carbocycles. The fourth-order valence-corrected chi connectivity index (χ4v) is 3.10. The minimum Gasteiger partial charge on any atom is -0.298 e. The summed E-state index contributed by atoms with van der Waals surface area (Å²) < 4.78 is 0. The molecule has 4 heteroatoms. The lowest BCUT2D eigenvalue weighted by molar-refractivity contribution is 0.111. The lowest BCUT2D eigenvalue weighted by Crippen LogP contribution is -1.86. The molecule has 0 aromatic heterocycles. The average molecular weight is 338 g/mol. The summed E-state index contributed by atoms with van der Waals surface area (Å²) in [6, 6.07) is 22.6. The van der Waals surface area contributed by atoms with Crippen molar-refractivity contribution in [3.63, 3.8) is 0 Å². The van der Waals surface area contributed by atoms with Crippen LogP contribution in [0.15, 0.2) is 83.0 Å². The first-order valence-corrected chi connectivity index (χ1v) is 8.17. The van der Waals surface area contributed by atoms with Crippen LogP contribution in [-0.2, 0) is 0 Å². The Balaban J connectivity index is 1.84. The number of rotatable bonds is 4. The van der Waals surface area contributed by atoms with Crippen molar-refractivity contribution >= 4 is 45.5 Å². The predicted octanol–water partition coefficient (Wildman–Crippen LogP) is 6.03. The lowest BCUT2D eigenvalue weighted by atomic mass is 10.0. The topological polar surface area (TPSA) is 58.9 Å². The van der Waals surface area contributed by atoms with Gasteiger partial charge in [-0.25, -0.2) is 0 Å². The number of aldehydes is 2. The molecule has 0 bridgehead atoms. The highest BCUT2D eigenvalue weighted by molar-refractivity contribution is 6.04. The summed E-state index contributed by atoms with van der Waals surface area (Å²) in [4.78, 5) is 23.2. The molecule has 0 amide bonds. The Kier molecular flexibility index (Phi) is 4.07. The Morgan fingerprint density at radius 3 is 1.38 bits per heavy atom. The first-order chi connectivity index (χ1) is 12.8. The van der Waals surface area contributed by atoms with Gasteiger partial charge in [0.25, 0.3) is 0 Å². The smallest absolute Gasteiger partial charge is 0.152 e. The minimum atomic E-state index is 0.476. The van der Waals surface area contributed by atoms with Gasteiger partial charge in [-0.2, -0.15) is 0 Å². The first kappa shape index (κ1) is 15.8. The van der Waals surface area contributed by atoms with E-state index >= 15 is 0 Å². The van der Waals surface area contributed by atoms with Crippen molar-refractivity contribution < 1.29 is 9.59 Å². The number of fused-ring (bicyclic) bond motifs is 2. The molecule has 0 fully saturated rings. The fourth-order valence-electron chi connectivity index (χ4n) is 3.10. The van der Waals surface area contributed by atoms with Crippen LogP contribution in [0.3, 0.4) is 0 Å². The number of carbonyl (C=O) groups is 2. The number of hydrogen-bond donors (Lipinski definition) is 0. The van der Waals surface area contributed by atoms with Gasteiger partial charge in [0, 0.05) is 11.1 Å². The van der Waals surface area contributed by atoms with Crippen molar-refractivity contribution in [2.24, 2.45) is 10.2 Å². The van der Waals surface area contributed by atoms with Gasteiger partial charge in [-0.1, -0.05) is 60.7 Å². The number of hydrogen-bond acceptors (Lipinski definition) is 4. The second kappa shape index (κ2) is 6.69. The van der Waals surface area contributed by atoms with Crippen LogP contribution < -0.4 is 0 Å². The molecule has 4 rings (SSSR count). The predicted molar refractivity (Wildman–Crippen MR) is 103 cm³/mol. The van der Waals surface area contributed by atoms with E-state index in [1.54, 1.807) is 12.1 Å². The maximum absolute atomic E-state index is 11.6. The standard InChI is InChI=1S/C22H14N2O2/c25-13-19-17-7-3-1-5-15(17)9-11-21(19)23-24-22-12-10-16-6-2-4-8-18(16)20(22)14-26/h1-14H. The summed E-state index contributed by atoms with van der Waals surface area (Å²) in [6.45, 7) is 0. The van der Waals surface area contributed by atoms with Crippen molar-refractivity contribution in [2.75, 3.05) is 0 Å². The van der Waals surface area contributed by atoms with Gasteiger partial charge in [0.2, 0.25) is 0 Å². The van der Waals surface area contributed by atoms with Gasteiger partial charge in [0.1, 0.15) is 0 Å². The lowest BCUT2D eigenvalue weighted by Gasteiger charge is -2.05. The Hall–Kier alpha value is -3.66. The van der Waals surface area contributed by atoms with E-state index in [0.29, 0.717) is 22.5 Å². The molecule has 0 aliphatic carbocycles. The largest absolute Gasteiger partial charge is 0.298 e. The summed E-state index contributed by atoms with van der Waals surface area (Å²) in [5.74, 6) is 0. The third-order valence-electron chi connectivity index (χ3n) is 4.40. The Labute approximate surface area is 149 Å². The minimum absolute atomic E-state index is 0.476. The van der Waals surface area contributed by atoms with Crippen molar-refractivity contribution in [1.82, 2.24) is 0 Å². The third kappa shape index (κ3) is 2.67. The second-order valence-corrected chi connectivity index (χ2v) is 5.87. The summed E-state index contributed by atoms with van der Waals surface area (Å²) in [5.41, 5.74) is 1.92. The van der Waals surface area contributed by atoms with Crippen LogP contribution in [0.4, 0.5) is 11.4 Å². The molecule has 0 spiro atoms. The number of nitrogens with zero attached hydrogens (tertiary/aromatic N) is 2. The Bertz CT molecular complexity index is 1090. The van der Waals surface area contributed by atoms with Crippen LogP contribution in [0, 0.1) is 0 Å². The van der Waals surface area contributed by atoms with Crippen molar-refractivity contribution in [1.29, 1.82) is 0 Å². The summed E-state index contributed by atoms with van der Waals surface area (Å²) in [6.07, 6.45) is 1.58. The average Bonchev–Trinajstić information content (AvgIpc) is 2.71. The zero-order valence-electron chi connectivity index (χ0n) is 13.8. The highest BCUT2D eigenvalue weighted by atomic mass is 16.1. The Morgan fingerprint density at radius 2 is 0.962 bits per heavy atom. The van der Waals surface area contributed by atoms with E-state index in [4.69, 9.17) is 0 Å². The van der Waals surface area contributed by atoms with Gasteiger partial charge >= 0.3 is 0 Å². The van der Waals surface area contributed by atoms with E-state index in [0.717, 1.165) is 34.1 Å². The third-order valence-corrected chi connectivity index (χ3v) is 4.40. The molecule has 0 radical (unpaired) electrons. The number of azo groups is 1. The van der Waals surface area contributed by atoms with Crippen LogP contribution in [0.2, 0.25) is 0 Å². The molecule has 4 aromatic carbocycles. The van der Waals surface area contributed by atoms with Gasteiger partial charge in [-0.3, -0.25) is 9.59 Å². The first-order valence-electron chi connectivity index (χ1n) is 8.17. The molecule has 0 saturated heterocycles. The van der Waals surface area contributed by atoms with Gasteiger partial charge < -0.3 is 0 Å². The molecular formula is C22H14N2O2. The van der Waals surface area contributed by atoms with Crippen molar-refractivity contribution in [3.05, 3.63) is 83.9 Å². The zero-order chi connectivity index (χ0) is 17.9. The molecule has 26 heavy (non-hydrogen) atoms. The van der Waals surface area contributed by atoms with E-state index in [2.05, 4.69) is 10.2 Å². The van der Waals surface area contributed by atoms with Crippen molar-refractivity contribution in [2.45, 2.75) is 0 Å². The maximum atomic E-state index is 11.6. The molecule has 0 heterocycles. The highest BCUT2D eigenvalue weighted by Gasteiger charge is 2.08. The van der Waals surface area contributed by atoms with Crippen LogP contribution >= 0.6 is 0 Å². The van der Waals surface area contributed by atoms with E-state index in [-0.39, 0.29) is 0 Å². The van der Waals surface area contributed by atoms with Gasteiger partial charge in [0.15, 0.2) is 12.6 Å². The molecule has 0 N–H and O–H groups in total. The quantitative estimate of drug-likeness (QED) is 0.337. The van der Waals surface area contributed by atoms with Crippen LogP contribution in [0.25, 0.3) is 21.5 Å². The van der Waals surface area contributed by atoms with E-state index < -0.39 is 0 Å². The summed E-state index contributed by atoms with van der Waals surface area (Å²) >= 11 is 0. The molecule has 4 aromatic rings. The van der Waals surface area contributed by atoms with E-state index in [1.165, 1.54) is 0 Å². The highest BCUT2D eigenvalue weighted by Crippen LogP contribution is 2.31. The maximum Gasteiger partial charge on any atom is 0.152 e. The molecule has 0 aliphatic rings. The van der Waals surface area contributed by atoms with Crippen molar-refractivity contribution in [3.8, 4) is 0 Å². The van der Waals surface area contributed by atoms with Crippen LogP contribution in [0.1, 0.15) is 20.7 Å². The van der Waals surface area contributed by atoms with Crippen LogP contribution in [0.5, 0.6) is 0 Å². The monoisotopic (exact) mass is 338 g/mol. The van der Waals surface area contributed by atoms with Gasteiger partial charge in [-0.05, 0) is 33.7 Å². The van der Waals surface area contributed by atoms with Gasteiger partial charge in [0.05, 0.1) is 11.4 Å². The molecule has 0 aliphatic heterocycles. The van der Waals surface area contributed by atoms with Gasteiger partial charge in [-0.15, -0.1) is 10.2 Å². The van der Waals surface area contributed by atoms with Crippen LogP contribution in [-0.4, -0.2) is 12.6 Å². The Morgan fingerprint density at radius 1 is 0.538 bits per heavy atom. The molecule has 0 unspecified atom stereocenters. The summed E-state index contributed by atoms with van der Waals surface area (Å²) in [5, 5.41) is 12.1. The fraction of sp³-hybridized carbons (Fsp3) is 0. The summed E-state index contributed by atoms with van der Waals surface area (Å²) in [7, 11) is 0. The normalized spacial score (nSPS) is 11.2. The number of benzene rings is 4. The molecule has 4 nitrogen and oxygen atoms in total. The van der Waals surface area contributed by atoms with E-state index in [1.807, 2.05) is 60.7 Å². The molecule has 0 atom stereocenters. The molecule has 124 valence electrons. The number of carbonyl (C=O) groups excluding carboxylic acids is 2. The molecular weight excluding hydrogens is 324 g/mol. The SMILES string of the molecule is O=Cc1c(N=Nc2ccc3ccccc3c2C=O)ccc2ccccc12.